The van der Waals surface area contributed by atoms with Crippen LogP contribution in [0.3, 0.4) is 0 Å². The molecule has 2 rings (SSSR count). The van der Waals surface area contributed by atoms with Crippen molar-refractivity contribution >= 4 is 0 Å². The van der Waals surface area contributed by atoms with Crippen molar-refractivity contribution in [2.75, 3.05) is 6.61 Å². The lowest BCUT2D eigenvalue weighted by atomic mass is 9.89. The van der Waals surface area contributed by atoms with Gasteiger partial charge in [0.1, 0.15) is 6.61 Å². The van der Waals surface area contributed by atoms with Crippen molar-refractivity contribution in [3.8, 4) is 0 Å². The molecule has 0 aliphatic heterocycles. The van der Waals surface area contributed by atoms with Crippen LogP contribution in [-0.2, 0) is 30.7 Å². The summed E-state index contributed by atoms with van der Waals surface area (Å²) >= 11 is 0. The van der Waals surface area contributed by atoms with Crippen molar-refractivity contribution in [1.29, 1.82) is 0 Å². The van der Waals surface area contributed by atoms with E-state index in [-0.39, 0.29) is 18.6 Å². The number of hydrogen-bond donors (Lipinski definition) is 3. The van der Waals surface area contributed by atoms with E-state index in [0.29, 0.717) is 6.42 Å². The highest BCUT2D eigenvalue weighted by Gasteiger charge is 2.31. The Kier molecular flexibility index (Phi) is 4.46. The lowest BCUT2D eigenvalue weighted by molar-refractivity contribution is -1.21. The number of quaternary nitrogens is 1. The fraction of sp³-hybridized carbons (Fsp3) is 0.600. The largest absolute Gasteiger partial charge is 0.566 e. The molecule has 1 atom stereocenters. The molecule has 1 aliphatic rings. The number of aliphatic hydroxyl groups is 1. The molecule has 0 fully saturated rings. The third-order valence-corrected chi connectivity index (χ3v) is 4.01. The maximum atomic E-state index is 10.7. The number of nitrogens with one attached hydrogen (secondary N) is 1. The Morgan fingerprint density at radius 2 is 2.05 bits per heavy atom. The van der Waals surface area contributed by atoms with Crippen LogP contribution >= 0.6 is 0 Å². The summed E-state index contributed by atoms with van der Waals surface area (Å²) in [6, 6.07) is 2.18. The summed E-state index contributed by atoms with van der Waals surface area (Å²) in [4.78, 5) is 4.80. The fourth-order valence-electron chi connectivity index (χ4n) is 3.25. The van der Waals surface area contributed by atoms with Gasteiger partial charge in [0.25, 0.3) is 0 Å². The molecule has 1 aromatic carbocycles. The summed E-state index contributed by atoms with van der Waals surface area (Å²) < 4.78 is 0. The number of hydrogen-bond acceptors (Lipinski definition) is 4. The highest BCUT2D eigenvalue weighted by atomic mass is 17.1. The van der Waals surface area contributed by atoms with Gasteiger partial charge in [0, 0.05) is 6.61 Å². The first-order valence-corrected chi connectivity index (χ1v) is 6.94. The molecule has 0 radical (unpaired) electrons. The second kappa shape index (κ2) is 5.79. The predicted molar refractivity (Wildman–Crippen MR) is 74.1 cm³/mol. The molecule has 0 saturated heterocycles. The van der Waals surface area contributed by atoms with E-state index in [0.717, 1.165) is 29.5 Å². The number of benzene rings is 1. The molecule has 3 N–H and O–H groups in total. The minimum atomic E-state index is -1.26. The van der Waals surface area contributed by atoms with Crippen molar-refractivity contribution < 1.29 is 20.5 Å². The van der Waals surface area contributed by atoms with Gasteiger partial charge in [-0.05, 0) is 59.4 Å². The van der Waals surface area contributed by atoms with E-state index in [1.54, 1.807) is 0 Å². The van der Waals surface area contributed by atoms with E-state index in [4.69, 9.17) is 10.0 Å². The minimum Gasteiger partial charge on any atom is -0.566 e. The Morgan fingerprint density at radius 1 is 1.35 bits per heavy atom. The normalized spacial score (nSPS) is 18.1. The van der Waals surface area contributed by atoms with Gasteiger partial charge in [-0.1, -0.05) is 25.3 Å². The van der Waals surface area contributed by atoms with Crippen LogP contribution in [-0.4, -0.2) is 16.9 Å². The summed E-state index contributed by atoms with van der Waals surface area (Å²) in [5.41, 5.74) is 5.81. The molecule has 20 heavy (non-hydrogen) atoms. The van der Waals surface area contributed by atoms with Gasteiger partial charge in [-0.2, -0.15) is 10.0 Å². The highest BCUT2D eigenvalue weighted by Crippen LogP contribution is 2.40. The topological polar surface area (TPSA) is 77.2 Å². The summed E-state index contributed by atoms with van der Waals surface area (Å²) in [7, 11) is 0. The molecule has 5 heteroatoms. The van der Waals surface area contributed by atoms with Gasteiger partial charge in [-0.25, -0.2) is 0 Å². The van der Waals surface area contributed by atoms with Crippen LogP contribution in [0.1, 0.15) is 41.7 Å². The molecule has 0 spiro atoms. The van der Waals surface area contributed by atoms with Crippen LogP contribution in [0.4, 0.5) is 0 Å². The number of aliphatic hydroxyl groups excluding tert-OH is 1. The summed E-state index contributed by atoms with van der Waals surface area (Å²) in [6.45, 7) is 6.58. The number of fused-ring (bicyclic) bond motifs is 1. The summed E-state index contributed by atoms with van der Waals surface area (Å²) in [6.07, 6.45) is 2.47. The van der Waals surface area contributed by atoms with Crippen molar-refractivity contribution in [3.63, 3.8) is 0 Å². The SMILES string of the molecule is Cc1cc2c(c(CO[NH+]([O-])O)c1CCO)CC(C)(C)C2. The smallest absolute Gasteiger partial charge is 0.136 e. The quantitative estimate of drug-likeness (QED) is 0.700. The summed E-state index contributed by atoms with van der Waals surface area (Å²) in [5, 5.41) is 27.4. The van der Waals surface area contributed by atoms with Crippen LogP contribution in [0, 0.1) is 17.5 Å². The Bertz CT molecular complexity index is 497. The first-order valence-electron chi connectivity index (χ1n) is 6.94. The molecule has 0 amide bonds. The molecule has 1 aromatic rings. The monoisotopic (exact) mass is 281 g/mol. The maximum absolute atomic E-state index is 10.7. The third-order valence-electron chi connectivity index (χ3n) is 4.01. The van der Waals surface area contributed by atoms with Crippen LogP contribution in [0.15, 0.2) is 6.07 Å². The van der Waals surface area contributed by atoms with Crippen LogP contribution in [0.2, 0.25) is 0 Å². The zero-order valence-electron chi connectivity index (χ0n) is 12.3. The van der Waals surface area contributed by atoms with Gasteiger partial charge in [-0.15, -0.1) is 0 Å². The van der Waals surface area contributed by atoms with Gasteiger partial charge in [0.05, 0.1) is 0 Å². The molecular weight excluding hydrogens is 258 g/mol. The first-order chi connectivity index (χ1) is 9.34. The van der Waals surface area contributed by atoms with Gasteiger partial charge in [0.15, 0.2) is 0 Å². The number of rotatable bonds is 5. The highest BCUT2D eigenvalue weighted by molar-refractivity contribution is 5.49. The molecule has 112 valence electrons. The van der Waals surface area contributed by atoms with Gasteiger partial charge in [-0.3, -0.25) is 0 Å². The van der Waals surface area contributed by atoms with E-state index in [1.807, 2.05) is 6.92 Å². The van der Waals surface area contributed by atoms with Crippen molar-refractivity contribution in [2.45, 2.75) is 46.6 Å². The van der Waals surface area contributed by atoms with Crippen molar-refractivity contribution in [3.05, 3.63) is 39.1 Å². The van der Waals surface area contributed by atoms with E-state index in [9.17, 15) is 10.3 Å². The molecule has 5 nitrogen and oxygen atoms in total. The van der Waals surface area contributed by atoms with E-state index in [1.165, 1.54) is 11.1 Å². The first kappa shape index (κ1) is 15.4. The Balaban J connectivity index is 2.44. The van der Waals surface area contributed by atoms with Crippen molar-refractivity contribution in [1.82, 2.24) is 0 Å². The Labute approximate surface area is 119 Å². The third kappa shape index (κ3) is 3.19. The second-order valence-corrected chi connectivity index (χ2v) is 6.33. The zero-order chi connectivity index (χ0) is 14.9. The predicted octanol–water partition coefficient (Wildman–Crippen LogP) is 0.858. The fourth-order valence-corrected chi connectivity index (χ4v) is 3.25. The molecule has 0 aromatic heterocycles. The zero-order valence-corrected chi connectivity index (χ0v) is 12.3. The van der Waals surface area contributed by atoms with Gasteiger partial charge in [0.2, 0.25) is 0 Å². The van der Waals surface area contributed by atoms with Crippen LogP contribution < -0.4 is 5.39 Å². The maximum Gasteiger partial charge on any atom is 0.136 e. The molecule has 0 heterocycles. The molecule has 1 unspecified atom stereocenters. The average molecular weight is 281 g/mol. The van der Waals surface area contributed by atoms with E-state index in [2.05, 4.69) is 19.9 Å². The number of aryl methyl sites for hydroxylation is 1. The molecule has 0 bridgehead atoms. The Hall–Kier alpha value is -0.980. The average Bonchev–Trinajstić information content (AvgIpc) is 2.62. The Morgan fingerprint density at radius 3 is 2.65 bits per heavy atom. The minimum absolute atomic E-state index is 0.0586. The summed E-state index contributed by atoms with van der Waals surface area (Å²) in [5.74, 6) is 0. The van der Waals surface area contributed by atoms with E-state index < -0.39 is 5.39 Å². The van der Waals surface area contributed by atoms with Crippen molar-refractivity contribution in [2.24, 2.45) is 5.41 Å². The lowest BCUT2D eigenvalue weighted by Crippen LogP contribution is -3.03. The molecular formula is C15H23NO4. The van der Waals surface area contributed by atoms with Gasteiger partial charge >= 0.3 is 0 Å². The second-order valence-electron chi connectivity index (χ2n) is 6.33. The van der Waals surface area contributed by atoms with E-state index >= 15 is 0 Å². The molecule has 1 aliphatic carbocycles. The standard InChI is InChI=1S/C15H23NO4/c1-10-6-11-7-15(2,3)8-13(11)14(9-20-16(18)19)12(10)4-5-17/h6,16-18H,4-5,7-9H2,1-3H3. The lowest BCUT2D eigenvalue weighted by Gasteiger charge is -2.19. The van der Waals surface area contributed by atoms with Gasteiger partial charge < -0.3 is 10.3 Å². The van der Waals surface area contributed by atoms with Crippen LogP contribution in [0.25, 0.3) is 0 Å². The van der Waals surface area contributed by atoms with Crippen LogP contribution in [0.5, 0.6) is 0 Å². The molecule has 0 saturated carbocycles.